The number of benzene rings is 9. The van der Waals surface area contributed by atoms with E-state index in [0.717, 1.165) is 19.3 Å². The van der Waals surface area contributed by atoms with Crippen LogP contribution in [0.15, 0.2) is 223 Å². The SMILES string of the molecule is CCC1(CC)c2cc(/C=C/c3cc(-c4ccccc4)c(-c4ccccc4)c(-c4ccccc4)c3-c3ccccc3)ccc2-c2ccc(N(c3ccccc3)C3Cc4ccccc4S3)cc21. The molecule has 1 heterocycles. The van der Waals surface area contributed by atoms with Crippen LogP contribution in [0, 0.1) is 0 Å². The van der Waals surface area contributed by atoms with Crippen LogP contribution in [0.2, 0.25) is 0 Å². The fourth-order valence-electron chi connectivity index (χ4n) is 10.7. The number of hydrogen-bond acceptors (Lipinski definition) is 2. The van der Waals surface area contributed by atoms with E-state index in [9.17, 15) is 0 Å². The second-order valence-corrected chi connectivity index (χ2v) is 18.6. The number of anilines is 2. The van der Waals surface area contributed by atoms with Gasteiger partial charge >= 0.3 is 0 Å². The summed E-state index contributed by atoms with van der Waals surface area (Å²) in [7, 11) is 0. The minimum Gasteiger partial charge on any atom is -0.328 e. The van der Waals surface area contributed by atoms with Crippen LogP contribution in [-0.4, -0.2) is 5.37 Å². The number of fused-ring (bicyclic) bond motifs is 4. The first-order valence-corrected chi connectivity index (χ1v) is 24.0. The average Bonchev–Trinajstić information content (AvgIpc) is 3.93. The molecule has 0 saturated carbocycles. The van der Waals surface area contributed by atoms with Crippen LogP contribution in [-0.2, 0) is 11.8 Å². The largest absolute Gasteiger partial charge is 0.328 e. The van der Waals surface area contributed by atoms with Gasteiger partial charge in [-0.05, 0) is 133 Å². The molecular formula is C63H51NS. The molecule has 1 aliphatic heterocycles. The molecule has 0 amide bonds. The van der Waals surface area contributed by atoms with Crippen molar-refractivity contribution in [2.24, 2.45) is 0 Å². The quantitative estimate of drug-likeness (QED) is 0.119. The molecule has 0 fully saturated rings. The van der Waals surface area contributed by atoms with Gasteiger partial charge < -0.3 is 4.90 Å². The molecule has 11 rings (SSSR count). The van der Waals surface area contributed by atoms with Gasteiger partial charge in [0.25, 0.3) is 0 Å². The molecule has 0 bridgehead atoms. The van der Waals surface area contributed by atoms with E-state index in [1.54, 1.807) is 0 Å². The van der Waals surface area contributed by atoms with Gasteiger partial charge in [0.15, 0.2) is 0 Å². The molecule has 0 radical (unpaired) electrons. The summed E-state index contributed by atoms with van der Waals surface area (Å²) in [6.07, 6.45) is 7.77. The van der Waals surface area contributed by atoms with Crippen molar-refractivity contribution in [1.82, 2.24) is 0 Å². The van der Waals surface area contributed by atoms with Gasteiger partial charge in [0, 0.05) is 28.1 Å². The highest BCUT2D eigenvalue weighted by atomic mass is 32.2. The van der Waals surface area contributed by atoms with Gasteiger partial charge in [0.1, 0.15) is 0 Å². The predicted molar refractivity (Wildman–Crippen MR) is 279 cm³/mol. The van der Waals surface area contributed by atoms with Crippen molar-refractivity contribution in [3.05, 3.63) is 246 Å². The lowest BCUT2D eigenvalue weighted by Crippen LogP contribution is -2.29. The van der Waals surface area contributed by atoms with Crippen molar-refractivity contribution in [3.8, 4) is 55.6 Å². The van der Waals surface area contributed by atoms with E-state index in [1.807, 2.05) is 11.8 Å². The van der Waals surface area contributed by atoms with Crippen LogP contribution in [0.25, 0.3) is 67.8 Å². The third-order valence-electron chi connectivity index (χ3n) is 13.9. The lowest BCUT2D eigenvalue weighted by Gasteiger charge is -2.34. The summed E-state index contributed by atoms with van der Waals surface area (Å²) in [5.74, 6) is 0. The molecule has 1 aliphatic carbocycles. The van der Waals surface area contributed by atoms with E-state index in [2.05, 4.69) is 249 Å². The maximum Gasteiger partial charge on any atom is 0.0886 e. The summed E-state index contributed by atoms with van der Waals surface area (Å²) in [5.41, 5.74) is 21.5. The highest BCUT2D eigenvalue weighted by Gasteiger charge is 2.41. The predicted octanol–water partition coefficient (Wildman–Crippen LogP) is 17.4. The summed E-state index contributed by atoms with van der Waals surface area (Å²) in [6, 6.07) is 80.6. The fourth-order valence-corrected chi connectivity index (χ4v) is 12.1. The first-order chi connectivity index (χ1) is 32.1. The summed E-state index contributed by atoms with van der Waals surface area (Å²) < 4.78 is 0. The van der Waals surface area contributed by atoms with Gasteiger partial charge in [-0.15, -0.1) is 11.8 Å². The van der Waals surface area contributed by atoms with E-state index in [1.165, 1.54) is 99.7 Å². The summed E-state index contributed by atoms with van der Waals surface area (Å²) in [6.45, 7) is 4.76. The minimum absolute atomic E-state index is 0.105. The molecule has 0 spiro atoms. The van der Waals surface area contributed by atoms with Gasteiger partial charge in [-0.1, -0.05) is 208 Å². The van der Waals surface area contributed by atoms with E-state index in [0.29, 0.717) is 0 Å². The molecule has 2 aliphatic rings. The molecule has 0 saturated heterocycles. The molecule has 0 aromatic heterocycles. The first kappa shape index (κ1) is 40.6. The molecule has 9 aromatic rings. The van der Waals surface area contributed by atoms with Crippen molar-refractivity contribution in [2.75, 3.05) is 4.90 Å². The molecule has 1 unspecified atom stereocenters. The van der Waals surface area contributed by atoms with Gasteiger partial charge in [-0.3, -0.25) is 0 Å². The summed E-state index contributed by atoms with van der Waals surface area (Å²) in [4.78, 5) is 3.97. The van der Waals surface area contributed by atoms with Crippen molar-refractivity contribution in [3.63, 3.8) is 0 Å². The van der Waals surface area contributed by atoms with Crippen molar-refractivity contribution < 1.29 is 0 Å². The van der Waals surface area contributed by atoms with Gasteiger partial charge in [-0.2, -0.15) is 0 Å². The Morgan fingerprint density at radius 2 is 0.985 bits per heavy atom. The van der Waals surface area contributed by atoms with E-state index < -0.39 is 0 Å². The molecule has 65 heavy (non-hydrogen) atoms. The Kier molecular flexibility index (Phi) is 10.9. The number of hydrogen-bond donors (Lipinski definition) is 0. The Bertz CT molecular complexity index is 3130. The zero-order valence-electron chi connectivity index (χ0n) is 37.0. The number of nitrogens with zero attached hydrogens (tertiary/aromatic N) is 1. The van der Waals surface area contributed by atoms with Crippen LogP contribution in [0.5, 0.6) is 0 Å². The normalized spacial score (nSPS) is 14.5. The molecule has 1 atom stereocenters. The zero-order chi connectivity index (χ0) is 43.7. The highest BCUT2D eigenvalue weighted by molar-refractivity contribution is 8.00. The minimum atomic E-state index is -0.105. The van der Waals surface area contributed by atoms with Crippen molar-refractivity contribution in [2.45, 2.75) is 48.8 Å². The third kappa shape index (κ3) is 7.33. The Hall–Kier alpha value is -7.13. The first-order valence-electron chi connectivity index (χ1n) is 23.1. The third-order valence-corrected chi connectivity index (χ3v) is 15.2. The van der Waals surface area contributed by atoms with E-state index in [-0.39, 0.29) is 10.8 Å². The second-order valence-electron chi connectivity index (χ2n) is 17.3. The van der Waals surface area contributed by atoms with Crippen molar-refractivity contribution >= 4 is 35.3 Å². The van der Waals surface area contributed by atoms with Crippen LogP contribution in [0.4, 0.5) is 11.4 Å². The van der Waals surface area contributed by atoms with E-state index >= 15 is 0 Å². The topological polar surface area (TPSA) is 3.24 Å². The fraction of sp³-hybridized carbons (Fsp3) is 0.111. The summed E-state index contributed by atoms with van der Waals surface area (Å²) >= 11 is 1.99. The Morgan fingerprint density at radius 3 is 1.60 bits per heavy atom. The smallest absolute Gasteiger partial charge is 0.0886 e. The van der Waals surface area contributed by atoms with Gasteiger partial charge in [0.2, 0.25) is 0 Å². The number of rotatable bonds is 11. The second kappa shape index (κ2) is 17.4. The summed E-state index contributed by atoms with van der Waals surface area (Å²) in [5, 5.41) is 0.276. The standard InChI is InChI=1S/C63H51NS/c1-3-63(4-2)56-40-44(35-38-53(56)54-39-37-52(43-57(54)63)64(51-31-18-9-19-32-51)59-42-49-30-20-21-33-58(49)65-59)34-36-50-41-55(45-22-10-5-11-23-45)61(47-26-14-7-15-27-47)62(48-28-16-8-17-29-48)60(50)46-24-12-6-13-25-46/h5-41,43,59H,3-4,42H2,1-2H3/b36-34+. The number of thioether (sulfide) groups is 1. The van der Waals surface area contributed by atoms with Gasteiger partial charge in [-0.25, -0.2) is 0 Å². The van der Waals surface area contributed by atoms with E-state index in [4.69, 9.17) is 0 Å². The van der Waals surface area contributed by atoms with Crippen LogP contribution < -0.4 is 4.90 Å². The average molecular weight is 854 g/mol. The Labute approximate surface area is 388 Å². The molecule has 314 valence electrons. The van der Waals surface area contributed by atoms with Crippen LogP contribution >= 0.6 is 11.8 Å². The molecule has 0 N–H and O–H groups in total. The van der Waals surface area contributed by atoms with Gasteiger partial charge in [0.05, 0.1) is 5.37 Å². The monoisotopic (exact) mass is 853 g/mol. The maximum absolute atomic E-state index is 2.58. The lowest BCUT2D eigenvalue weighted by molar-refractivity contribution is 0.490. The van der Waals surface area contributed by atoms with Crippen LogP contribution in [0.3, 0.4) is 0 Å². The molecule has 2 heteroatoms. The van der Waals surface area contributed by atoms with Crippen LogP contribution in [0.1, 0.15) is 54.5 Å². The molecular weight excluding hydrogens is 803 g/mol. The Morgan fingerprint density at radius 1 is 0.462 bits per heavy atom. The zero-order valence-corrected chi connectivity index (χ0v) is 37.8. The number of para-hydroxylation sites is 1. The maximum atomic E-state index is 2.58. The molecule has 1 nitrogen and oxygen atoms in total. The van der Waals surface area contributed by atoms with Crippen molar-refractivity contribution in [1.29, 1.82) is 0 Å². The Balaban J connectivity index is 1.05. The lowest BCUT2D eigenvalue weighted by atomic mass is 9.73. The highest BCUT2D eigenvalue weighted by Crippen LogP contribution is 2.55. The molecule has 9 aromatic carbocycles.